The van der Waals surface area contributed by atoms with Crippen LogP contribution in [0.25, 0.3) is 0 Å². The van der Waals surface area contributed by atoms with Crippen LogP contribution in [-0.4, -0.2) is 47.4 Å². The molecule has 2 heterocycles. The quantitative estimate of drug-likeness (QED) is 0.846. The summed E-state index contributed by atoms with van der Waals surface area (Å²) >= 11 is 0. The van der Waals surface area contributed by atoms with E-state index in [0.717, 1.165) is 56.8 Å². The number of hydrogen-bond acceptors (Lipinski definition) is 5. The van der Waals surface area contributed by atoms with Gasteiger partial charge in [0.05, 0.1) is 5.69 Å². The number of anilines is 2. The number of piperazine rings is 1. The zero-order valence-electron chi connectivity index (χ0n) is 16.7. The maximum Gasteiger partial charge on any atom is 0.290 e. The third kappa shape index (κ3) is 4.50. The lowest BCUT2D eigenvalue weighted by atomic mass is 10.1. The Balaban J connectivity index is 1.50. The van der Waals surface area contributed by atoms with Crippen molar-refractivity contribution >= 4 is 11.4 Å². The Bertz CT molecular complexity index is 820. The SMILES string of the molecule is CCc1c(C)nn(CCCN2CCN(c3ccc(C)cc3)CC2)c(=O)c1N. The van der Waals surface area contributed by atoms with Crippen molar-refractivity contribution in [2.75, 3.05) is 43.4 Å². The van der Waals surface area contributed by atoms with E-state index in [1.165, 1.54) is 15.9 Å². The average Bonchev–Trinajstić information content (AvgIpc) is 2.67. The van der Waals surface area contributed by atoms with Gasteiger partial charge >= 0.3 is 0 Å². The van der Waals surface area contributed by atoms with Crippen molar-refractivity contribution in [2.24, 2.45) is 0 Å². The van der Waals surface area contributed by atoms with E-state index in [1.54, 1.807) is 0 Å². The molecule has 27 heavy (non-hydrogen) atoms. The predicted octanol–water partition coefficient (Wildman–Crippen LogP) is 2.22. The fourth-order valence-corrected chi connectivity index (χ4v) is 3.78. The van der Waals surface area contributed by atoms with Gasteiger partial charge in [0.25, 0.3) is 5.56 Å². The van der Waals surface area contributed by atoms with Crippen molar-refractivity contribution in [3.05, 3.63) is 51.4 Å². The Morgan fingerprint density at radius 2 is 1.70 bits per heavy atom. The van der Waals surface area contributed by atoms with Crippen LogP contribution in [0, 0.1) is 13.8 Å². The van der Waals surface area contributed by atoms with E-state index >= 15 is 0 Å². The Labute approximate surface area is 161 Å². The second kappa shape index (κ2) is 8.57. The van der Waals surface area contributed by atoms with Crippen molar-refractivity contribution in [3.8, 4) is 0 Å². The van der Waals surface area contributed by atoms with Crippen LogP contribution in [0.2, 0.25) is 0 Å². The van der Waals surface area contributed by atoms with E-state index in [9.17, 15) is 4.79 Å². The van der Waals surface area contributed by atoms with Crippen molar-refractivity contribution in [3.63, 3.8) is 0 Å². The second-order valence-electron chi connectivity index (χ2n) is 7.38. The molecule has 0 aliphatic carbocycles. The van der Waals surface area contributed by atoms with E-state index in [2.05, 4.69) is 46.1 Å². The zero-order valence-corrected chi connectivity index (χ0v) is 16.7. The number of benzene rings is 1. The minimum atomic E-state index is -0.151. The highest BCUT2D eigenvalue weighted by molar-refractivity contribution is 5.48. The fourth-order valence-electron chi connectivity index (χ4n) is 3.78. The first-order valence-corrected chi connectivity index (χ1v) is 9.89. The van der Waals surface area contributed by atoms with Gasteiger partial charge in [-0.25, -0.2) is 4.68 Å². The summed E-state index contributed by atoms with van der Waals surface area (Å²) in [6.45, 7) is 11.8. The summed E-state index contributed by atoms with van der Waals surface area (Å²) < 4.78 is 1.53. The van der Waals surface area contributed by atoms with Crippen LogP contribution in [0.15, 0.2) is 29.1 Å². The molecule has 6 nitrogen and oxygen atoms in total. The van der Waals surface area contributed by atoms with Gasteiger partial charge in [-0.2, -0.15) is 5.10 Å². The Hall–Kier alpha value is -2.34. The van der Waals surface area contributed by atoms with Gasteiger partial charge in [0.1, 0.15) is 5.69 Å². The summed E-state index contributed by atoms with van der Waals surface area (Å²) in [7, 11) is 0. The summed E-state index contributed by atoms with van der Waals surface area (Å²) in [6, 6.07) is 8.75. The molecule has 3 rings (SSSR count). The maximum atomic E-state index is 12.4. The van der Waals surface area contributed by atoms with Crippen molar-refractivity contribution in [2.45, 2.75) is 40.2 Å². The van der Waals surface area contributed by atoms with Gasteiger partial charge in [-0.05, 0) is 38.8 Å². The van der Waals surface area contributed by atoms with Crippen LogP contribution < -0.4 is 16.2 Å². The van der Waals surface area contributed by atoms with Crippen molar-refractivity contribution < 1.29 is 0 Å². The van der Waals surface area contributed by atoms with Gasteiger partial charge in [0.15, 0.2) is 0 Å². The first kappa shape index (κ1) is 19.4. The predicted molar refractivity (Wildman–Crippen MR) is 111 cm³/mol. The molecule has 0 amide bonds. The molecular weight excluding hydrogens is 338 g/mol. The van der Waals surface area contributed by atoms with Gasteiger partial charge < -0.3 is 10.6 Å². The van der Waals surface area contributed by atoms with Gasteiger partial charge in [0.2, 0.25) is 0 Å². The van der Waals surface area contributed by atoms with Crippen LogP contribution >= 0.6 is 0 Å². The fraction of sp³-hybridized carbons (Fsp3) is 0.524. The summed E-state index contributed by atoms with van der Waals surface area (Å²) in [6.07, 6.45) is 1.65. The number of nitrogen functional groups attached to an aromatic ring is 1. The van der Waals surface area contributed by atoms with Crippen molar-refractivity contribution in [1.29, 1.82) is 0 Å². The summed E-state index contributed by atoms with van der Waals surface area (Å²) in [5.41, 5.74) is 10.5. The number of nitrogens with two attached hydrogens (primary N) is 1. The molecule has 1 aromatic heterocycles. The minimum absolute atomic E-state index is 0.151. The smallest absolute Gasteiger partial charge is 0.290 e. The lowest BCUT2D eigenvalue weighted by Gasteiger charge is -2.36. The number of rotatable bonds is 6. The van der Waals surface area contributed by atoms with Gasteiger partial charge in [-0.15, -0.1) is 0 Å². The molecule has 2 aromatic rings. The molecule has 1 aliphatic rings. The molecule has 1 fully saturated rings. The first-order valence-electron chi connectivity index (χ1n) is 9.89. The molecule has 0 atom stereocenters. The topological polar surface area (TPSA) is 67.4 Å². The highest BCUT2D eigenvalue weighted by Gasteiger charge is 2.17. The number of aryl methyl sites for hydroxylation is 3. The largest absolute Gasteiger partial charge is 0.394 e. The number of nitrogens with zero attached hydrogens (tertiary/aromatic N) is 4. The Kier molecular flexibility index (Phi) is 6.16. The van der Waals surface area contributed by atoms with Gasteiger partial charge in [-0.3, -0.25) is 9.69 Å². The lowest BCUT2D eigenvalue weighted by Crippen LogP contribution is -2.46. The van der Waals surface area contributed by atoms with Crippen LogP contribution in [0.5, 0.6) is 0 Å². The summed E-state index contributed by atoms with van der Waals surface area (Å²) in [5, 5.41) is 4.44. The number of aromatic nitrogens is 2. The minimum Gasteiger partial charge on any atom is -0.394 e. The zero-order chi connectivity index (χ0) is 19.4. The molecule has 0 unspecified atom stereocenters. The Morgan fingerprint density at radius 1 is 1.04 bits per heavy atom. The molecule has 6 heteroatoms. The normalized spacial score (nSPS) is 15.3. The monoisotopic (exact) mass is 369 g/mol. The molecule has 1 aromatic carbocycles. The van der Waals surface area contributed by atoms with E-state index in [4.69, 9.17) is 5.73 Å². The first-order chi connectivity index (χ1) is 13.0. The van der Waals surface area contributed by atoms with E-state index in [0.29, 0.717) is 12.2 Å². The molecule has 0 radical (unpaired) electrons. The van der Waals surface area contributed by atoms with E-state index in [-0.39, 0.29) is 5.56 Å². The molecule has 1 saturated heterocycles. The standard InChI is InChI=1S/C21H31N5O/c1-4-19-17(3)23-26(21(27)20(19)22)11-5-10-24-12-14-25(15-13-24)18-8-6-16(2)7-9-18/h6-9H,4-5,10-15,22H2,1-3H3. The molecule has 0 spiro atoms. The molecule has 1 aliphatic heterocycles. The van der Waals surface area contributed by atoms with Gasteiger partial charge in [-0.1, -0.05) is 24.6 Å². The summed E-state index contributed by atoms with van der Waals surface area (Å²) in [5.74, 6) is 0. The molecule has 0 saturated carbocycles. The van der Waals surface area contributed by atoms with Crippen LogP contribution in [0.1, 0.15) is 30.2 Å². The third-order valence-corrected chi connectivity index (χ3v) is 5.47. The summed E-state index contributed by atoms with van der Waals surface area (Å²) in [4.78, 5) is 17.3. The third-order valence-electron chi connectivity index (χ3n) is 5.47. The van der Waals surface area contributed by atoms with Crippen molar-refractivity contribution in [1.82, 2.24) is 14.7 Å². The number of hydrogen-bond donors (Lipinski definition) is 1. The van der Waals surface area contributed by atoms with Gasteiger partial charge in [0, 0.05) is 50.5 Å². The molecular formula is C21H31N5O. The van der Waals surface area contributed by atoms with Crippen LogP contribution in [0.3, 0.4) is 0 Å². The Morgan fingerprint density at radius 3 is 2.33 bits per heavy atom. The van der Waals surface area contributed by atoms with Crippen LogP contribution in [-0.2, 0) is 13.0 Å². The highest BCUT2D eigenvalue weighted by atomic mass is 16.1. The maximum absolute atomic E-state index is 12.4. The van der Waals surface area contributed by atoms with Crippen LogP contribution in [0.4, 0.5) is 11.4 Å². The molecule has 146 valence electrons. The average molecular weight is 370 g/mol. The highest BCUT2D eigenvalue weighted by Crippen LogP contribution is 2.17. The molecule has 2 N–H and O–H groups in total. The van der Waals surface area contributed by atoms with E-state index in [1.807, 2.05) is 13.8 Å². The second-order valence-corrected chi connectivity index (χ2v) is 7.38. The lowest BCUT2D eigenvalue weighted by molar-refractivity contribution is 0.248. The van der Waals surface area contributed by atoms with E-state index < -0.39 is 0 Å². The molecule has 0 bridgehead atoms.